The van der Waals surface area contributed by atoms with Crippen molar-refractivity contribution in [2.24, 2.45) is 34.0 Å². The number of hydrogen-bond acceptors (Lipinski definition) is 9. The summed E-state index contributed by atoms with van der Waals surface area (Å²) in [5.74, 6) is -4.40. The Morgan fingerprint density at radius 2 is 1.76 bits per heavy atom. The first-order valence-electron chi connectivity index (χ1n) is 13.1. The van der Waals surface area contributed by atoms with Crippen LogP contribution in [0.25, 0.3) is 0 Å². The van der Waals surface area contributed by atoms with E-state index in [-0.39, 0.29) is 24.5 Å². The molecular formula is C29H36O9. The third-order valence-corrected chi connectivity index (χ3v) is 10.5. The molecule has 3 heterocycles. The highest BCUT2D eigenvalue weighted by molar-refractivity contribution is 5.97. The Balaban J connectivity index is 1.68. The number of cyclic esters (lactones) is 1. The maximum atomic E-state index is 13.7. The summed E-state index contributed by atoms with van der Waals surface area (Å²) in [5.41, 5.74) is -2.19. The number of carbonyl (C=O) groups is 4. The Morgan fingerprint density at radius 1 is 1.11 bits per heavy atom. The molecule has 0 amide bonds. The minimum Gasteiger partial charge on any atom is -0.472 e. The lowest BCUT2D eigenvalue weighted by atomic mass is 9.40. The molecular weight excluding hydrogens is 492 g/mol. The molecule has 7 atom stereocenters. The maximum absolute atomic E-state index is 13.7. The second-order valence-corrected chi connectivity index (χ2v) is 12.3. The van der Waals surface area contributed by atoms with E-state index >= 15 is 0 Å². The van der Waals surface area contributed by atoms with Gasteiger partial charge in [0.15, 0.2) is 5.92 Å². The topological polar surface area (TPSA) is 118 Å². The van der Waals surface area contributed by atoms with Crippen molar-refractivity contribution < 1.29 is 42.5 Å². The van der Waals surface area contributed by atoms with E-state index in [2.05, 4.69) is 6.58 Å². The van der Waals surface area contributed by atoms with E-state index in [1.165, 1.54) is 14.2 Å². The van der Waals surface area contributed by atoms with Gasteiger partial charge in [-0.2, -0.15) is 0 Å². The molecule has 7 unspecified atom stereocenters. The van der Waals surface area contributed by atoms with Gasteiger partial charge in [0.2, 0.25) is 0 Å². The van der Waals surface area contributed by atoms with Crippen molar-refractivity contribution in [3.05, 3.63) is 36.3 Å². The highest BCUT2D eigenvalue weighted by Gasteiger charge is 2.75. The van der Waals surface area contributed by atoms with Crippen LogP contribution >= 0.6 is 0 Å². The van der Waals surface area contributed by atoms with E-state index in [0.717, 1.165) is 11.1 Å². The smallest absolute Gasteiger partial charge is 0.320 e. The average molecular weight is 529 g/mol. The second kappa shape index (κ2) is 8.53. The van der Waals surface area contributed by atoms with E-state index in [1.807, 2.05) is 13.8 Å². The predicted molar refractivity (Wildman–Crippen MR) is 132 cm³/mol. The Morgan fingerprint density at radius 3 is 2.34 bits per heavy atom. The van der Waals surface area contributed by atoms with Gasteiger partial charge in [-0.25, -0.2) is 0 Å². The highest BCUT2D eigenvalue weighted by Crippen LogP contribution is 2.72. The molecule has 9 nitrogen and oxygen atoms in total. The van der Waals surface area contributed by atoms with Crippen molar-refractivity contribution >= 4 is 23.7 Å². The lowest BCUT2D eigenvalue weighted by Crippen LogP contribution is -2.73. The summed E-state index contributed by atoms with van der Waals surface area (Å²) in [7, 11) is 2.44. The quantitative estimate of drug-likeness (QED) is 0.248. The Hall–Kier alpha value is -2.94. The van der Waals surface area contributed by atoms with Gasteiger partial charge in [0.1, 0.15) is 17.5 Å². The fourth-order valence-electron chi connectivity index (χ4n) is 8.49. The lowest BCUT2D eigenvalue weighted by molar-refractivity contribution is -0.301. The molecule has 0 N–H and O–H groups in total. The number of ether oxygens (including phenoxy) is 4. The normalized spacial score (nSPS) is 39.6. The molecule has 5 rings (SSSR count). The van der Waals surface area contributed by atoms with Crippen LogP contribution in [-0.4, -0.2) is 49.6 Å². The zero-order valence-corrected chi connectivity index (χ0v) is 22.8. The SMILES string of the molecule is C=C1C2CCC3(C)C(c4ccoc4)OC(=O)CC13OC1CC(=O)C(C)(C)C(C(C(=O)OC)C(=O)OC)C12C. The molecule has 38 heavy (non-hydrogen) atoms. The number of carbonyl (C=O) groups excluding carboxylic acids is 4. The Labute approximate surface area is 222 Å². The number of furan rings is 1. The molecule has 1 spiro atoms. The van der Waals surface area contributed by atoms with Crippen molar-refractivity contribution in [2.75, 3.05) is 14.2 Å². The van der Waals surface area contributed by atoms with Gasteiger partial charge in [-0.3, -0.25) is 19.2 Å². The van der Waals surface area contributed by atoms with E-state index in [0.29, 0.717) is 12.8 Å². The van der Waals surface area contributed by atoms with Crippen molar-refractivity contribution in [1.82, 2.24) is 0 Å². The zero-order valence-electron chi connectivity index (χ0n) is 22.8. The number of esters is 3. The molecule has 206 valence electrons. The summed E-state index contributed by atoms with van der Waals surface area (Å²) in [6.07, 6.45) is 3.16. The number of methoxy groups -OCH3 is 2. The molecule has 0 radical (unpaired) electrons. The minimum atomic E-state index is -1.33. The van der Waals surface area contributed by atoms with Crippen LogP contribution in [-0.2, 0) is 38.1 Å². The van der Waals surface area contributed by atoms with Crippen LogP contribution < -0.4 is 0 Å². The number of rotatable bonds is 4. The monoisotopic (exact) mass is 528 g/mol. The van der Waals surface area contributed by atoms with Gasteiger partial charge in [0, 0.05) is 34.1 Å². The van der Waals surface area contributed by atoms with E-state index in [9.17, 15) is 19.2 Å². The van der Waals surface area contributed by atoms with Crippen molar-refractivity contribution in [2.45, 2.75) is 71.2 Å². The molecule has 9 heteroatoms. The minimum absolute atomic E-state index is 0.0283. The van der Waals surface area contributed by atoms with E-state index in [1.54, 1.807) is 32.4 Å². The number of hydrogen-bond donors (Lipinski definition) is 0. The van der Waals surface area contributed by atoms with E-state index in [4.69, 9.17) is 23.4 Å². The first-order chi connectivity index (χ1) is 17.8. The van der Waals surface area contributed by atoms with Crippen LogP contribution in [0.15, 0.2) is 35.2 Å². The molecule has 2 saturated carbocycles. The average Bonchev–Trinajstić information content (AvgIpc) is 3.40. The van der Waals surface area contributed by atoms with Gasteiger partial charge in [-0.15, -0.1) is 0 Å². The fourth-order valence-corrected chi connectivity index (χ4v) is 8.49. The predicted octanol–water partition coefficient (Wildman–Crippen LogP) is 3.96. The summed E-state index contributed by atoms with van der Waals surface area (Å²) in [4.78, 5) is 53.0. The third kappa shape index (κ3) is 3.20. The first kappa shape index (κ1) is 26.7. The highest BCUT2D eigenvalue weighted by atomic mass is 16.6. The van der Waals surface area contributed by atoms with Crippen LogP contribution in [0.1, 0.15) is 65.0 Å². The largest absolute Gasteiger partial charge is 0.472 e. The second-order valence-electron chi connectivity index (χ2n) is 12.3. The summed E-state index contributed by atoms with van der Waals surface area (Å²) < 4.78 is 28.3. The molecule has 4 fully saturated rings. The summed E-state index contributed by atoms with van der Waals surface area (Å²) in [5, 5.41) is 0. The number of ketones is 1. The van der Waals surface area contributed by atoms with Crippen LogP contribution in [0.2, 0.25) is 0 Å². The lowest BCUT2D eigenvalue weighted by Gasteiger charge is -2.70. The third-order valence-electron chi connectivity index (χ3n) is 10.5. The Bertz CT molecular complexity index is 1180. The molecule has 1 aromatic rings. The molecule has 2 bridgehead atoms. The Kier molecular flexibility index (Phi) is 5.98. The van der Waals surface area contributed by atoms with Gasteiger partial charge in [0.25, 0.3) is 0 Å². The molecule has 2 aliphatic heterocycles. The molecule has 1 aromatic heterocycles. The summed E-state index contributed by atoms with van der Waals surface area (Å²) in [6, 6.07) is 1.78. The number of fused-ring (bicyclic) bond motifs is 3. The van der Waals surface area contributed by atoms with Crippen LogP contribution in [0.5, 0.6) is 0 Å². The molecule has 4 aliphatic rings. The van der Waals surface area contributed by atoms with Gasteiger partial charge >= 0.3 is 17.9 Å². The van der Waals surface area contributed by atoms with Gasteiger partial charge in [-0.1, -0.05) is 34.3 Å². The molecule has 0 aromatic carbocycles. The first-order valence-corrected chi connectivity index (χ1v) is 13.1. The van der Waals surface area contributed by atoms with Crippen molar-refractivity contribution in [1.29, 1.82) is 0 Å². The summed E-state index contributed by atoms with van der Waals surface area (Å²) in [6.45, 7) is 12.1. The van der Waals surface area contributed by atoms with Crippen LogP contribution in [0.4, 0.5) is 0 Å². The van der Waals surface area contributed by atoms with Gasteiger partial charge < -0.3 is 23.4 Å². The fraction of sp³-hybridized carbons (Fsp3) is 0.655. The molecule has 2 aliphatic carbocycles. The van der Waals surface area contributed by atoms with E-state index < -0.39 is 63.8 Å². The van der Waals surface area contributed by atoms with Crippen LogP contribution in [0.3, 0.4) is 0 Å². The molecule has 2 saturated heterocycles. The summed E-state index contributed by atoms with van der Waals surface area (Å²) >= 11 is 0. The van der Waals surface area contributed by atoms with Crippen LogP contribution in [0, 0.1) is 34.0 Å². The maximum Gasteiger partial charge on any atom is 0.320 e. The number of Topliss-reactive ketones (excluding diaryl/α,β-unsaturated/α-hetero) is 1. The van der Waals surface area contributed by atoms with Gasteiger partial charge in [-0.05, 0) is 30.4 Å². The van der Waals surface area contributed by atoms with Crippen molar-refractivity contribution in [3.8, 4) is 0 Å². The van der Waals surface area contributed by atoms with Crippen molar-refractivity contribution in [3.63, 3.8) is 0 Å². The standard InChI is InChI=1S/C29H36O9/c1-15-17-8-10-27(4)23(16-9-11-36-14-16)37-20(31)13-29(15,27)38-19-12-18(30)26(2,3)22(28(17,19)5)21(24(32)34-6)25(33)35-7/h9,11,14,17,19,21-23H,1,8,10,12-13H2,2-7H3. The zero-order chi connectivity index (χ0) is 27.8. The van der Waals surface area contributed by atoms with Gasteiger partial charge in [0.05, 0.1) is 39.3 Å².